The molecule has 44 heavy (non-hydrogen) atoms. The van der Waals surface area contributed by atoms with Crippen LogP contribution in [-0.4, -0.2) is 137 Å². The maximum atomic E-state index is 5.66. The second-order valence-electron chi connectivity index (χ2n) is 10.3. The summed E-state index contributed by atoms with van der Waals surface area (Å²) < 4.78 is 27.3. The van der Waals surface area contributed by atoms with Crippen LogP contribution in [0.25, 0.3) is 11.0 Å². The van der Waals surface area contributed by atoms with Gasteiger partial charge in [0.2, 0.25) is 11.9 Å². The molecule has 0 bridgehead atoms. The van der Waals surface area contributed by atoms with Gasteiger partial charge in [0.05, 0.1) is 51.0 Å². The summed E-state index contributed by atoms with van der Waals surface area (Å²) in [7, 11) is 8.50. The van der Waals surface area contributed by atoms with Crippen LogP contribution in [0.2, 0.25) is 0 Å². The van der Waals surface area contributed by atoms with Gasteiger partial charge in [0.15, 0.2) is 11.6 Å². The van der Waals surface area contributed by atoms with E-state index in [1.54, 1.807) is 54.1 Å². The third-order valence-electron chi connectivity index (χ3n) is 7.46. The second-order valence-corrected chi connectivity index (χ2v) is 10.3. The quantitative estimate of drug-likeness (QED) is 0.209. The molecule has 4 rings (SSSR count). The molecule has 0 spiro atoms. The lowest BCUT2D eigenvalue weighted by Gasteiger charge is -2.33. The third-order valence-corrected chi connectivity index (χ3v) is 7.46. The first-order valence-corrected chi connectivity index (χ1v) is 14.9. The van der Waals surface area contributed by atoms with Crippen LogP contribution in [0.1, 0.15) is 18.5 Å². The Hall–Kier alpha value is -3.50. The highest BCUT2D eigenvalue weighted by atomic mass is 16.5. The van der Waals surface area contributed by atoms with Crippen LogP contribution in [0.3, 0.4) is 0 Å². The molecule has 1 N–H and O–H groups in total. The van der Waals surface area contributed by atoms with E-state index in [0.29, 0.717) is 87.9 Å². The first-order chi connectivity index (χ1) is 21.6. The summed E-state index contributed by atoms with van der Waals surface area (Å²) in [4.78, 5) is 35.4. The molecule has 0 aliphatic carbocycles. The minimum atomic E-state index is 0.215. The van der Waals surface area contributed by atoms with Gasteiger partial charge in [0, 0.05) is 87.2 Å². The lowest BCUT2D eigenvalue weighted by atomic mass is 10.1. The van der Waals surface area contributed by atoms with Crippen LogP contribution in [0.4, 0.5) is 23.5 Å². The molecule has 1 aliphatic rings. The Morgan fingerprint density at radius 2 is 1.32 bits per heavy atom. The maximum absolute atomic E-state index is 5.66. The van der Waals surface area contributed by atoms with E-state index in [4.69, 9.17) is 43.6 Å². The Bertz CT molecular complexity index is 1250. The summed E-state index contributed by atoms with van der Waals surface area (Å²) >= 11 is 0. The molecule has 0 amide bonds. The molecule has 1 fully saturated rings. The van der Waals surface area contributed by atoms with Crippen molar-refractivity contribution in [2.45, 2.75) is 25.5 Å². The lowest BCUT2D eigenvalue weighted by molar-refractivity contribution is 0.0818. The average Bonchev–Trinajstić information content (AvgIpc) is 3.07. The Kier molecular flexibility index (Phi) is 13.4. The molecule has 0 unspecified atom stereocenters. The summed E-state index contributed by atoms with van der Waals surface area (Å²) in [5.41, 5.74) is 2.05. The van der Waals surface area contributed by atoms with E-state index in [1.807, 2.05) is 0 Å². The zero-order valence-corrected chi connectivity index (χ0v) is 26.6. The summed E-state index contributed by atoms with van der Waals surface area (Å²) in [6.07, 6.45) is 7.04. The Labute approximate surface area is 259 Å². The summed E-state index contributed by atoms with van der Waals surface area (Å²) in [6.45, 7) is 6.37. The molecule has 0 atom stereocenters. The van der Waals surface area contributed by atoms with E-state index < -0.39 is 0 Å². The molecule has 4 heterocycles. The van der Waals surface area contributed by atoms with Gasteiger partial charge in [0.1, 0.15) is 11.0 Å². The molecule has 242 valence electrons. The van der Waals surface area contributed by atoms with E-state index in [2.05, 4.69) is 30.0 Å². The highest BCUT2D eigenvalue weighted by Gasteiger charge is 2.27. The molecule has 0 saturated carbocycles. The molecule has 15 nitrogen and oxygen atoms in total. The van der Waals surface area contributed by atoms with Gasteiger partial charge in [-0.2, -0.15) is 9.97 Å². The molecule has 3 aromatic rings. The van der Waals surface area contributed by atoms with E-state index in [0.717, 1.165) is 37.4 Å². The fourth-order valence-corrected chi connectivity index (χ4v) is 4.93. The highest BCUT2D eigenvalue weighted by Crippen LogP contribution is 2.33. The lowest BCUT2D eigenvalue weighted by Crippen LogP contribution is -2.38. The van der Waals surface area contributed by atoms with E-state index >= 15 is 0 Å². The normalized spacial score (nSPS) is 13.9. The number of hydrogen-bond acceptors (Lipinski definition) is 15. The third kappa shape index (κ3) is 9.01. The molecule has 15 heteroatoms. The van der Waals surface area contributed by atoms with Crippen LogP contribution in [0.15, 0.2) is 18.6 Å². The van der Waals surface area contributed by atoms with Gasteiger partial charge in [-0.25, -0.2) is 9.97 Å². The van der Waals surface area contributed by atoms with E-state index in [1.165, 1.54) is 0 Å². The maximum Gasteiger partial charge on any atom is 0.228 e. The zero-order valence-electron chi connectivity index (χ0n) is 26.6. The van der Waals surface area contributed by atoms with Gasteiger partial charge in [-0.05, 0) is 12.8 Å². The standard InChI is InChI=1S/C29H46N10O5/c1-40-16-12-38(13-17-41-2)28-34-25-24(26(35-28)32-21-22-20-30-8-9-31-22)33-29(39(14-18-42-3)15-19-43-4)36-27(25)37-10-6-23(44-5)7-11-37/h8-9,20,23H,6-7,10-19,21H2,1-5H3,(H,32,34,35). The van der Waals surface area contributed by atoms with E-state index in [-0.39, 0.29) is 6.10 Å². The van der Waals surface area contributed by atoms with Gasteiger partial charge < -0.3 is 43.7 Å². The largest absolute Gasteiger partial charge is 0.383 e. The van der Waals surface area contributed by atoms with Crippen molar-refractivity contribution in [2.75, 3.05) is 121 Å². The highest BCUT2D eigenvalue weighted by molar-refractivity contribution is 5.95. The number of methoxy groups -OCH3 is 5. The van der Waals surface area contributed by atoms with E-state index in [9.17, 15) is 0 Å². The van der Waals surface area contributed by atoms with Gasteiger partial charge in [-0.1, -0.05) is 0 Å². The van der Waals surface area contributed by atoms with Gasteiger partial charge in [0.25, 0.3) is 0 Å². The van der Waals surface area contributed by atoms with Crippen molar-refractivity contribution in [3.63, 3.8) is 0 Å². The number of nitrogens with zero attached hydrogens (tertiary/aromatic N) is 9. The fraction of sp³-hybridized carbons (Fsp3) is 0.655. The number of hydrogen-bond donors (Lipinski definition) is 1. The SMILES string of the molecule is COCCN(CCOC)c1nc(N2CCC(OC)CC2)c2nc(N(CCOC)CCOC)nc(NCc3cnccn3)c2n1. The van der Waals surface area contributed by atoms with Crippen molar-refractivity contribution >= 4 is 34.6 Å². The number of piperidine rings is 1. The monoisotopic (exact) mass is 614 g/mol. The zero-order chi connectivity index (χ0) is 31.1. The second kappa shape index (κ2) is 17.7. The van der Waals surface area contributed by atoms with Gasteiger partial charge in [-0.15, -0.1) is 0 Å². The van der Waals surface area contributed by atoms with Crippen molar-refractivity contribution in [3.8, 4) is 0 Å². The van der Waals surface area contributed by atoms with Crippen molar-refractivity contribution in [3.05, 3.63) is 24.3 Å². The molecule has 1 saturated heterocycles. The molecule has 3 aromatic heterocycles. The van der Waals surface area contributed by atoms with Gasteiger partial charge in [-0.3, -0.25) is 9.97 Å². The van der Waals surface area contributed by atoms with Crippen molar-refractivity contribution in [1.82, 2.24) is 29.9 Å². The number of fused-ring (bicyclic) bond motifs is 1. The summed E-state index contributed by atoms with van der Waals surface area (Å²) in [5, 5.41) is 3.47. The topological polar surface area (TPSA) is 145 Å². The molecule has 1 aliphatic heterocycles. The number of nitrogens with one attached hydrogen (secondary N) is 1. The average molecular weight is 615 g/mol. The Morgan fingerprint density at radius 1 is 0.750 bits per heavy atom. The minimum absolute atomic E-state index is 0.215. The van der Waals surface area contributed by atoms with Crippen LogP contribution in [0.5, 0.6) is 0 Å². The minimum Gasteiger partial charge on any atom is -0.383 e. The molecular formula is C29H46N10O5. The smallest absolute Gasteiger partial charge is 0.228 e. The first kappa shape index (κ1) is 33.4. The molecular weight excluding hydrogens is 568 g/mol. The summed E-state index contributed by atoms with van der Waals surface area (Å²) in [5.74, 6) is 2.42. The van der Waals surface area contributed by atoms with Crippen molar-refractivity contribution in [2.24, 2.45) is 0 Å². The number of aromatic nitrogens is 6. The number of ether oxygens (including phenoxy) is 5. The molecule has 0 aromatic carbocycles. The van der Waals surface area contributed by atoms with Crippen molar-refractivity contribution < 1.29 is 23.7 Å². The predicted molar refractivity (Wildman–Crippen MR) is 169 cm³/mol. The van der Waals surface area contributed by atoms with Gasteiger partial charge >= 0.3 is 0 Å². The van der Waals surface area contributed by atoms with Crippen LogP contribution < -0.4 is 20.0 Å². The number of anilines is 4. The fourth-order valence-electron chi connectivity index (χ4n) is 4.93. The van der Waals surface area contributed by atoms with Crippen LogP contribution in [-0.2, 0) is 30.2 Å². The first-order valence-electron chi connectivity index (χ1n) is 14.9. The number of rotatable bonds is 19. The molecule has 0 radical (unpaired) electrons. The predicted octanol–water partition coefficient (Wildman–Crippen LogP) is 1.64. The van der Waals surface area contributed by atoms with Crippen molar-refractivity contribution in [1.29, 1.82) is 0 Å². The summed E-state index contributed by atoms with van der Waals surface area (Å²) in [6, 6.07) is 0. The van der Waals surface area contributed by atoms with Crippen LogP contribution >= 0.6 is 0 Å². The Morgan fingerprint density at radius 3 is 1.84 bits per heavy atom. The van der Waals surface area contributed by atoms with Crippen LogP contribution in [0, 0.1) is 0 Å². The Balaban J connectivity index is 1.88.